The van der Waals surface area contributed by atoms with Gasteiger partial charge in [-0.05, 0) is 43.1 Å². The third-order valence-electron chi connectivity index (χ3n) is 3.49. The molecule has 2 atom stereocenters. The zero-order valence-corrected chi connectivity index (χ0v) is 13.0. The lowest BCUT2D eigenvalue weighted by molar-refractivity contribution is 0.594. The van der Waals surface area contributed by atoms with E-state index in [1.807, 2.05) is 6.92 Å². The second kappa shape index (κ2) is 5.66. The third-order valence-corrected chi connectivity index (χ3v) is 6.39. The average molecular weight is 303 g/mol. The van der Waals surface area contributed by atoms with E-state index < -0.39 is 9.84 Å². The highest BCUT2D eigenvalue weighted by Gasteiger charge is 2.28. The van der Waals surface area contributed by atoms with Crippen LogP contribution in [-0.2, 0) is 9.84 Å². The number of sulfone groups is 1. The summed E-state index contributed by atoms with van der Waals surface area (Å²) in [4.78, 5) is 0.207. The van der Waals surface area contributed by atoms with Gasteiger partial charge in [0, 0.05) is 6.04 Å². The molecular weight excluding hydrogens is 282 g/mol. The highest BCUT2D eigenvalue weighted by atomic mass is 32.2. The van der Waals surface area contributed by atoms with Crippen LogP contribution in [0.2, 0.25) is 0 Å². The van der Waals surface area contributed by atoms with Gasteiger partial charge in [0.2, 0.25) is 0 Å². The fourth-order valence-electron chi connectivity index (χ4n) is 2.58. The van der Waals surface area contributed by atoms with E-state index >= 15 is 0 Å². The van der Waals surface area contributed by atoms with E-state index in [0.29, 0.717) is 23.4 Å². The van der Waals surface area contributed by atoms with Crippen LogP contribution in [0.15, 0.2) is 4.90 Å². The number of nitrogens with one attached hydrogen (secondary N) is 1. The predicted molar refractivity (Wildman–Crippen MR) is 79.3 cm³/mol. The predicted octanol–water partition coefficient (Wildman–Crippen LogP) is 2.51. The van der Waals surface area contributed by atoms with E-state index in [0.717, 1.165) is 24.4 Å². The van der Waals surface area contributed by atoms with Crippen LogP contribution in [0.1, 0.15) is 39.5 Å². The van der Waals surface area contributed by atoms with Gasteiger partial charge in [0.05, 0.1) is 5.75 Å². The standard InChI is InChI=1S/C12H21N3O2S2/c1-3-6-19(16,17)10-11(13)15-18-12(10)14-9-5-4-8(2)7-9/h8-9,14H,3-7H2,1-2H3,(H2,13,15). The van der Waals surface area contributed by atoms with Crippen LogP contribution in [0.3, 0.4) is 0 Å². The molecule has 0 aromatic carbocycles. The van der Waals surface area contributed by atoms with Crippen LogP contribution >= 0.6 is 11.5 Å². The zero-order chi connectivity index (χ0) is 14.0. The maximum atomic E-state index is 12.2. The molecule has 1 heterocycles. The molecule has 5 nitrogen and oxygen atoms in total. The summed E-state index contributed by atoms with van der Waals surface area (Å²) in [5.41, 5.74) is 5.74. The zero-order valence-electron chi connectivity index (χ0n) is 11.3. The molecule has 1 aliphatic carbocycles. The Hall–Kier alpha value is -0.820. The molecule has 2 unspecified atom stereocenters. The molecule has 1 saturated carbocycles. The molecule has 2 rings (SSSR count). The minimum atomic E-state index is -3.32. The van der Waals surface area contributed by atoms with Crippen molar-refractivity contribution >= 4 is 32.2 Å². The first-order chi connectivity index (χ1) is 8.94. The minimum Gasteiger partial charge on any atom is -0.382 e. The van der Waals surface area contributed by atoms with Crippen LogP contribution in [0.4, 0.5) is 10.8 Å². The molecule has 0 bridgehead atoms. The van der Waals surface area contributed by atoms with Crippen molar-refractivity contribution in [3.05, 3.63) is 0 Å². The molecule has 0 radical (unpaired) electrons. The number of nitrogens with two attached hydrogens (primary N) is 1. The van der Waals surface area contributed by atoms with E-state index in [4.69, 9.17) is 5.73 Å². The molecular formula is C12H21N3O2S2. The van der Waals surface area contributed by atoms with Crippen LogP contribution in [0, 0.1) is 5.92 Å². The number of hydrogen-bond donors (Lipinski definition) is 2. The Morgan fingerprint density at radius 2 is 2.21 bits per heavy atom. The van der Waals surface area contributed by atoms with E-state index in [9.17, 15) is 8.42 Å². The summed E-state index contributed by atoms with van der Waals surface area (Å²) in [6.45, 7) is 4.07. The Balaban J connectivity index is 2.23. The first kappa shape index (κ1) is 14.6. The molecule has 0 spiro atoms. The highest BCUT2D eigenvalue weighted by Crippen LogP contribution is 2.36. The molecule has 19 heavy (non-hydrogen) atoms. The lowest BCUT2D eigenvalue weighted by Gasteiger charge is -2.13. The maximum Gasteiger partial charge on any atom is 0.185 e. The van der Waals surface area contributed by atoms with E-state index in [1.165, 1.54) is 6.42 Å². The molecule has 1 aliphatic rings. The first-order valence-electron chi connectivity index (χ1n) is 6.68. The van der Waals surface area contributed by atoms with Crippen molar-refractivity contribution in [2.24, 2.45) is 5.92 Å². The van der Waals surface area contributed by atoms with Crippen LogP contribution < -0.4 is 11.1 Å². The largest absolute Gasteiger partial charge is 0.382 e. The van der Waals surface area contributed by atoms with Gasteiger partial charge in [-0.2, -0.15) is 4.37 Å². The van der Waals surface area contributed by atoms with Crippen molar-refractivity contribution in [3.63, 3.8) is 0 Å². The monoisotopic (exact) mass is 303 g/mol. The Kier molecular flexibility index (Phi) is 4.35. The molecule has 0 amide bonds. The summed E-state index contributed by atoms with van der Waals surface area (Å²) in [5, 5.41) is 3.94. The Morgan fingerprint density at radius 3 is 2.79 bits per heavy atom. The Labute approximate surface area is 118 Å². The van der Waals surface area contributed by atoms with Gasteiger partial charge in [-0.15, -0.1) is 0 Å². The van der Waals surface area contributed by atoms with E-state index in [2.05, 4.69) is 16.6 Å². The number of rotatable bonds is 5. The topological polar surface area (TPSA) is 85.1 Å². The number of hydrogen-bond acceptors (Lipinski definition) is 6. The van der Waals surface area contributed by atoms with Gasteiger partial charge in [-0.25, -0.2) is 8.42 Å². The smallest absolute Gasteiger partial charge is 0.185 e. The maximum absolute atomic E-state index is 12.2. The molecule has 108 valence electrons. The van der Waals surface area contributed by atoms with Gasteiger partial charge in [0.15, 0.2) is 15.7 Å². The van der Waals surface area contributed by atoms with Crippen molar-refractivity contribution < 1.29 is 8.42 Å². The second-order valence-corrected chi connectivity index (χ2v) is 8.12. The van der Waals surface area contributed by atoms with Crippen molar-refractivity contribution in [3.8, 4) is 0 Å². The summed E-state index contributed by atoms with van der Waals surface area (Å²) in [5.74, 6) is 0.941. The SMILES string of the molecule is CCCS(=O)(=O)c1c(N)nsc1NC1CCC(C)C1. The number of anilines is 2. The molecule has 3 N–H and O–H groups in total. The molecule has 1 fully saturated rings. The van der Waals surface area contributed by atoms with Gasteiger partial charge >= 0.3 is 0 Å². The number of nitrogens with zero attached hydrogens (tertiary/aromatic N) is 1. The van der Waals surface area contributed by atoms with Gasteiger partial charge < -0.3 is 11.1 Å². The molecule has 7 heteroatoms. The van der Waals surface area contributed by atoms with Gasteiger partial charge in [0.1, 0.15) is 9.90 Å². The molecule has 1 aromatic rings. The lowest BCUT2D eigenvalue weighted by atomic mass is 10.1. The summed E-state index contributed by atoms with van der Waals surface area (Å²) in [7, 11) is -3.32. The van der Waals surface area contributed by atoms with Crippen LogP contribution in [-0.4, -0.2) is 24.6 Å². The van der Waals surface area contributed by atoms with E-state index in [1.54, 1.807) is 0 Å². The quantitative estimate of drug-likeness (QED) is 0.873. The molecule has 1 aromatic heterocycles. The van der Waals surface area contributed by atoms with Gasteiger partial charge in [-0.1, -0.05) is 13.8 Å². The molecule has 0 saturated heterocycles. The van der Waals surface area contributed by atoms with Crippen LogP contribution in [0.5, 0.6) is 0 Å². The Morgan fingerprint density at radius 1 is 1.47 bits per heavy atom. The Bertz CT molecular complexity index is 539. The average Bonchev–Trinajstić information content (AvgIpc) is 2.86. The van der Waals surface area contributed by atoms with Crippen LogP contribution in [0.25, 0.3) is 0 Å². The van der Waals surface area contributed by atoms with Gasteiger partial charge in [0.25, 0.3) is 0 Å². The normalized spacial score (nSPS) is 23.7. The fourth-order valence-corrected chi connectivity index (χ4v) is 5.27. The van der Waals surface area contributed by atoms with Crippen molar-refractivity contribution in [1.82, 2.24) is 4.37 Å². The number of nitrogen functional groups attached to an aromatic ring is 1. The minimum absolute atomic E-state index is 0.116. The van der Waals surface area contributed by atoms with Crippen molar-refractivity contribution in [2.45, 2.75) is 50.5 Å². The summed E-state index contributed by atoms with van der Waals surface area (Å²) < 4.78 is 28.4. The van der Waals surface area contributed by atoms with Crippen molar-refractivity contribution in [2.75, 3.05) is 16.8 Å². The summed E-state index contributed by atoms with van der Waals surface area (Å²) in [6, 6.07) is 0.338. The second-order valence-electron chi connectivity index (χ2n) is 5.30. The third kappa shape index (κ3) is 3.20. The van der Waals surface area contributed by atoms with Gasteiger partial charge in [-0.3, -0.25) is 0 Å². The summed E-state index contributed by atoms with van der Waals surface area (Å²) >= 11 is 1.15. The van der Waals surface area contributed by atoms with E-state index in [-0.39, 0.29) is 16.5 Å². The molecule has 0 aliphatic heterocycles. The fraction of sp³-hybridized carbons (Fsp3) is 0.750. The highest BCUT2D eigenvalue weighted by molar-refractivity contribution is 7.91. The lowest BCUT2D eigenvalue weighted by Crippen LogP contribution is -2.17. The number of aromatic nitrogens is 1. The van der Waals surface area contributed by atoms with Crippen molar-refractivity contribution in [1.29, 1.82) is 0 Å². The first-order valence-corrected chi connectivity index (χ1v) is 9.11. The summed E-state index contributed by atoms with van der Waals surface area (Å²) in [6.07, 6.45) is 3.91.